The van der Waals surface area contributed by atoms with E-state index in [4.69, 9.17) is 14.2 Å². The minimum atomic E-state index is -0.960. The maximum atomic E-state index is 12.4. The van der Waals surface area contributed by atoms with Gasteiger partial charge in [-0.2, -0.15) is 0 Å². The molecule has 6 nitrogen and oxygen atoms in total. The quantitative estimate of drug-likeness (QED) is 0.817. The van der Waals surface area contributed by atoms with E-state index in [9.17, 15) is 9.59 Å². The summed E-state index contributed by atoms with van der Waals surface area (Å²) in [5.74, 6) is 0.288. The van der Waals surface area contributed by atoms with Crippen LogP contribution < -0.4 is 14.8 Å². The maximum absolute atomic E-state index is 12.4. The van der Waals surface area contributed by atoms with Crippen molar-refractivity contribution in [1.82, 2.24) is 0 Å². The summed E-state index contributed by atoms with van der Waals surface area (Å²) in [6.07, 6.45) is -1.86. The molecule has 27 heavy (non-hydrogen) atoms. The minimum Gasteiger partial charge on any atom is -0.485 e. The van der Waals surface area contributed by atoms with Gasteiger partial charge in [0, 0.05) is 5.69 Å². The summed E-state index contributed by atoms with van der Waals surface area (Å²) in [4.78, 5) is 24.8. The smallest absolute Gasteiger partial charge is 0.351 e. The van der Waals surface area contributed by atoms with Crippen molar-refractivity contribution < 1.29 is 23.8 Å². The third-order valence-corrected chi connectivity index (χ3v) is 4.27. The van der Waals surface area contributed by atoms with Crippen LogP contribution in [-0.2, 0) is 14.3 Å². The molecule has 0 fully saturated rings. The Bertz CT molecular complexity index is 833. The molecule has 0 radical (unpaired) electrons. The lowest BCUT2D eigenvalue weighted by Gasteiger charge is -2.26. The topological polar surface area (TPSA) is 73.9 Å². The second-order valence-corrected chi connectivity index (χ2v) is 6.67. The van der Waals surface area contributed by atoms with E-state index in [1.165, 1.54) is 6.92 Å². The van der Waals surface area contributed by atoms with E-state index in [2.05, 4.69) is 5.32 Å². The summed E-state index contributed by atoms with van der Waals surface area (Å²) in [6, 6.07) is 14.7. The van der Waals surface area contributed by atoms with Gasteiger partial charge < -0.3 is 19.5 Å². The number of hydrogen-bond acceptors (Lipinski definition) is 5. The van der Waals surface area contributed by atoms with E-state index < -0.39 is 24.1 Å². The lowest BCUT2D eigenvalue weighted by Crippen LogP contribution is -2.41. The number of ether oxygens (including phenoxy) is 3. The van der Waals surface area contributed by atoms with Crippen LogP contribution in [0.3, 0.4) is 0 Å². The average Bonchev–Trinajstić information content (AvgIpc) is 2.67. The summed E-state index contributed by atoms with van der Waals surface area (Å²) in [5, 5.41) is 2.83. The predicted molar refractivity (Wildman–Crippen MR) is 101 cm³/mol. The Morgan fingerprint density at radius 2 is 1.70 bits per heavy atom. The van der Waals surface area contributed by atoms with Gasteiger partial charge in [0.1, 0.15) is 6.61 Å². The van der Waals surface area contributed by atoms with Crippen LogP contribution in [0.2, 0.25) is 0 Å². The summed E-state index contributed by atoms with van der Waals surface area (Å²) >= 11 is 0. The first-order valence-corrected chi connectivity index (χ1v) is 8.94. The average molecular weight is 369 g/mol. The van der Waals surface area contributed by atoms with Gasteiger partial charge in [-0.15, -0.1) is 0 Å². The maximum Gasteiger partial charge on any atom is 0.351 e. The number of nitrogens with one attached hydrogen (secondary N) is 1. The van der Waals surface area contributed by atoms with Crippen LogP contribution in [0.15, 0.2) is 48.5 Å². The van der Waals surface area contributed by atoms with Crippen LogP contribution in [0.1, 0.15) is 32.3 Å². The second-order valence-electron chi connectivity index (χ2n) is 6.67. The molecule has 1 amide bonds. The fourth-order valence-electron chi connectivity index (χ4n) is 2.79. The number of benzene rings is 2. The van der Waals surface area contributed by atoms with Gasteiger partial charge in [-0.25, -0.2) is 4.79 Å². The summed E-state index contributed by atoms with van der Waals surface area (Å²) in [7, 11) is 0. The Morgan fingerprint density at radius 1 is 1.04 bits per heavy atom. The van der Waals surface area contributed by atoms with Crippen LogP contribution in [0.4, 0.5) is 5.69 Å². The standard InChI is InChI=1S/C21H23NO5/c1-13(2)15-8-4-5-9-16(15)22-20(23)14(3)26-21(24)19-12-25-17-10-6-7-11-18(17)27-19/h4-11,13-14,19H,12H2,1-3H3,(H,22,23)/t14-,19-/m0/s1. The molecule has 2 atom stereocenters. The van der Waals surface area contributed by atoms with Gasteiger partial charge in [0.15, 0.2) is 17.6 Å². The Morgan fingerprint density at radius 3 is 2.44 bits per heavy atom. The van der Waals surface area contributed by atoms with Crippen molar-refractivity contribution in [1.29, 1.82) is 0 Å². The van der Waals surface area contributed by atoms with Crippen LogP contribution >= 0.6 is 0 Å². The molecule has 2 aromatic rings. The van der Waals surface area contributed by atoms with Crippen LogP contribution in [0, 0.1) is 0 Å². The highest BCUT2D eigenvalue weighted by atomic mass is 16.6. The monoisotopic (exact) mass is 369 g/mol. The zero-order valence-electron chi connectivity index (χ0n) is 15.6. The molecule has 0 aliphatic carbocycles. The first-order chi connectivity index (χ1) is 13.0. The van der Waals surface area contributed by atoms with Crippen molar-refractivity contribution in [3.05, 3.63) is 54.1 Å². The van der Waals surface area contributed by atoms with E-state index in [1.54, 1.807) is 18.2 Å². The number of carbonyl (C=O) groups is 2. The van der Waals surface area contributed by atoms with Crippen molar-refractivity contribution in [2.45, 2.75) is 38.9 Å². The van der Waals surface area contributed by atoms with Gasteiger partial charge in [-0.1, -0.05) is 44.2 Å². The van der Waals surface area contributed by atoms with Gasteiger partial charge in [0.05, 0.1) is 0 Å². The van der Waals surface area contributed by atoms with Gasteiger partial charge in [0.25, 0.3) is 5.91 Å². The highest BCUT2D eigenvalue weighted by molar-refractivity contribution is 5.96. The van der Waals surface area contributed by atoms with E-state index in [-0.39, 0.29) is 12.5 Å². The zero-order valence-corrected chi connectivity index (χ0v) is 15.6. The lowest BCUT2D eigenvalue weighted by atomic mass is 10.0. The fraction of sp³-hybridized carbons (Fsp3) is 0.333. The molecule has 142 valence electrons. The molecule has 2 aromatic carbocycles. The van der Waals surface area contributed by atoms with E-state index in [1.807, 2.05) is 44.2 Å². The Labute approximate surface area is 158 Å². The number of esters is 1. The molecule has 6 heteroatoms. The molecule has 1 aliphatic heterocycles. The number of amides is 1. The minimum absolute atomic E-state index is 0.0420. The summed E-state index contributed by atoms with van der Waals surface area (Å²) in [6.45, 7) is 5.67. The highest BCUT2D eigenvalue weighted by Crippen LogP contribution is 2.31. The predicted octanol–water partition coefficient (Wildman–Crippen LogP) is 3.52. The number of anilines is 1. The van der Waals surface area contributed by atoms with Gasteiger partial charge in [-0.3, -0.25) is 4.79 Å². The van der Waals surface area contributed by atoms with Crippen molar-refractivity contribution in [2.75, 3.05) is 11.9 Å². The number of para-hydroxylation sites is 3. The molecule has 0 saturated heterocycles. The molecule has 0 aromatic heterocycles. The highest BCUT2D eigenvalue weighted by Gasteiger charge is 2.31. The third kappa shape index (κ3) is 4.39. The zero-order chi connectivity index (χ0) is 19.4. The van der Waals surface area contributed by atoms with Gasteiger partial charge in [0.2, 0.25) is 6.10 Å². The number of fused-ring (bicyclic) bond motifs is 1. The van der Waals surface area contributed by atoms with Crippen LogP contribution in [0.5, 0.6) is 11.5 Å². The van der Waals surface area contributed by atoms with Crippen molar-refractivity contribution in [3.63, 3.8) is 0 Å². The number of rotatable bonds is 5. The van der Waals surface area contributed by atoms with Crippen molar-refractivity contribution in [2.24, 2.45) is 0 Å². The molecule has 1 aliphatic rings. The Balaban J connectivity index is 1.59. The molecule has 3 rings (SSSR count). The Kier molecular flexibility index (Phi) is 5.64. The largest absolute Gasteiger partial charge is 0.485 e. The third-order valence-electron chi connectivity index (χ3n) is 4.27. The first-order valence-electron chi connectivity index (χ1n) is 8.94. The number of carbonyl (C=O) groups excluding carboxylic acids is 2. The molecule has 1 N–H and O–H groups in total. The Hall–Kier alpha value is -3.02. The first kappa shape index (κ1) is 18.8. The fourth-order valence-corrected chi connectivity index (χ4v) is 2.79. The SMILES string of the molecule is CC(C)c1ccccc1NC(=O)[C@H](C)OC(=O)[C@@H]1COc2ccccc2O1. The lowest BCUT2D eigenvalue weighted by molar-refractivity contribution is -0.162. The second kappa shape index (κ2) is 8.12. The number of hydrogen-bond donors (Lipinski definition) is 1. The molecular formula is C21H23NO5. The molecule has 0 saturated carbocycles. The van der Waals surface area contributed by atoms with Crippen LogP contribution in [-0.4, -0.2) is 30.7 Å². The molecule has 1 heterocycles. The van der Waals surface area contributed by atoms with E-state index in [0.717, 1.165) is 5.56 Å². The normalized spacial score (nSPS) is 16.5. The molecule has 0 spiro atoms. The summed E-state index contributed by atoms with van der Waals surface area (Å²) in [5.41, 5.74) is 1.73. The molecular weight excluding hydrogens is 346 g/mol. The molecule has 0 unspecified atom stereocenters. The van der Waals surface area contributed by atoms with E-state index in [0.29, 0.717) is 17.2 Å². The van der Waals surface area contributed by atoms with E-state index >= 15 is 0 Å². The van der Waals surface area contributed by atoms with Gasteiger partial charge >= 0.3 is 5.97 Å². The van der Waals surface area contributed by atoms with Crippen molar-refractivity contribution in [3.8, 4) is 11.5 Å². The van der Waals surface area contributed by atoms with Crippen molar-refractivity contribution >= 4 is 17.6 Å². The summed E-state index contributed by atoms with van der Waals surface area (Å²) < 4.78 is 16.4. The molecule has 0 bridgehead atoms. The van der Waals surface area contributed by atoms with Gasteiger partial charge in [-0.05, 0) is 36.6 Å². The van der Waals surface area contributed by atoms with Crippen LogP contribution in [0.25, 0.3) is 0 Å².